The summed E-state index contributed by atoms with van der Waals surface area (Å²) in [7, 11) is 2.20. The van der Waals surface area contributed by atoms with Crippen LogP contribution in [0.15, 0.2) is 11.1 Å². The van der Waals surface area contributed by atoms with Gasteiger partial charge in [-0.15, -0.1) is 0 Å². The predicted molar refractivity (Wildman–Crippen MR) is 49.7 cm³/mol. The summed E-state index contributed by atoms with van der Waals surface area (Å²) in [6.07, 6.45) is 1.23. The highest BCUT2D eigenvalue weighted by molar-refractivity contribution is 5.23. The van der Waals surface area contributed by atoms with Gasteiger partial charge >= 0.3 is 0 Å². The van der Waals surface area contributed by atoms with E-state index in [1.165, 1.54) is 19.5 Å². The Morgan fingerprint density at radius 3 is 2.36 bits per heavy atom. The fraction of sp³-hybridized carbons (Fsp3) is 0.800. The maximum Gasteiger partial charge on any atom is 0.0198 e. The molecule has 1 aliphatic heterocycles. The van der Waals surface area contributed by atoms with Crippen molar-refractivity contribution in [3.8, 4) is 0 Å². The lowest BCUT2D eigenvalue weighted by molar-refractivity contribution is 0.415. The maximum atomic E-state index is 2.40. The highest BCUT2D eigenvalue weighted by atomic mass is 15.1. The van der Waals surface area contributed by atoms with Gasteiger partial charge in [-0.1, -0.05) is 31.9 Å². The first kappa shape index (κ1) is 8.79. The fourth-order valence-electron chi connectivity index (χ4n) is 1.82. The van der Waals surface area contributed by atoms with E-state index < -0.39 is 0 Å². The van der Waals surface area contributed by atoms with E-state index in [0.29, 0.717) is 0 Å². The molecular formula is C10H19N. The van der Waals surface area contributed by atoms with Gasteiger partial charge in [0.15, 0.2) is 0 Å². The Labute approximate surface area is 70.1 Å². The Morgan fingerprint density at radius 2 is 2.00 bits per heavy atom. The van der Waals surface area contributed by atoms with Crippen LogP contribution < -0.4 is 0 Å². The second kappa shape index (κ2) is 3.40. The second-order valence-corrected chi connectivity index (χ2v) is 3.81. The van der Waals surface area contributed by atoms with Crippen LogP contribution >= 0.6 is 0 Å². The van der Waals surface area contributed by atoms with Crippen LogP contribution in [0.4, 0.5) is 0 Å². The normalized spacial score (nSPS) is 20.5. The lowest BCUT2D eigenvalue weighted by Gasteiger charge is -2.09. The molecule has 0 amide bonds. The Kier molecular flexibility index (Phi) is 2.72. The lowest BCUT2D eigenvalue weighted by Crippen LogP contribution is -2.15. The molecule has 1 nitrogen and oxygen atoms in total. The first-order valence-corrected chi connectivity index (χ1v) is 4.54. The van der Waals surface area contributed by atoms with Crippen molar-refractivity contribution in [2.75, 3.05) is 20.1 Å². The van der Waals surface area contributed by atoms with Crippen LogP contribution in [-0.4, -0.2) is 25.0 Å². The van der Waals surface area contributed by atoms with Crippen LogP contribution in [0.25, 0.3) is 0 Å². The van der Waals surface area contributed by atoms with E-state index in [2.05, 4.69) is 32.7 Å². The molecule has 0 radical (unpaired) electrons. The average Bonchev–Trinajstić information content (AvgIpc) is 2.30. The van der Waals surface area contributed by atoms with Crippen LogP contribution in [0.2, 0.25) is 0 Å². The molecule has 0 saturated heterocycles. The van der Waals surface area contributed by atoms with Crippen molar-refractivity contribution in [3.63, 3.8) is 0 Å². The van der Waals surface area contributed by atoms with Gasteiger partial charge in [0.25, 0.3) is 0 Å². The van der Waals surface area contributed by atoms with Crippen molar-refractivity contribution < 1.29 is 0 Å². The number of likely N-dealkylation sites (N-methyl/N-ethyl adjacent to an activating group) is 1. The zero-order valence-electron chi connectivity index (χ0n) is 8.15. The molecule has 11 heavy (non-hydrogen) atoms. The van der Waals surface area contributed by atoms with Crippen LogP contribution in [-0.2, 0) is 0 Å². The molecule has 0 aromatic carbocycles. The standard InChI is InChI=1S/C10H19N/c1-5-9-6-11(4)7-10(9)8(2)3/h8H,5-7H2,1-4H3. The molecule has 0 aromatic heterocycles. The number of nitrogens with zero attached hydrogens (tertiary/aromatic N) is 1. The van der Waals surface area contributed by atoms with Gasteiger partial charge < -0.3 is 0 Å². The second-order valence-electron chi connectivity index (χ2n) is 3.81. The summed E-state index contributed by atoms with van der Waals surface area (Å²) in [5, 5.41) is 0. The van der Waals surface area contributed by atoms with Gasteiger partial charge in [0.2, 0.25) is 0 Å². The molecule has 0 aromatic rings. The Hall–Kier alpha value is -0.300. The molecule has 64 valence electrons. The summed E-state index contributed by atoms with van der Waals surface area (Å²) in [5.74, 6) is 0.745. The summed E-state index contributed by atoms with van der Waals surface area (Å²) in [4.78, 5) is 2.40. The maximum absolute atomic E-state index is 2.40. The van der Waals surface area contributed by atoms with Gasteiger partial charge in [-0.05, 0) is 19.4 Å². The van der Waals surface area contributed by atoms with E-state index in [9.17, 15) is 0 Å². The SMILES string of the molecule is CCC1=C(C(C)C)CN(C)C1. The lowest BCUT2D eigenvalue weighted by atomic mass is 9.99. The Bertz CT molecular complexity index is 168. The molecule has 0 atom stereocenters. The topological polar surface area (TPSA) is 3.24 Å². The molecule has 1 heteroatoms. The van der Waals surface area contributed by atoms with Gasteiger partial charge in [-0.25, -0.2) is 0 Å². The zero-order valence-corrected chi connectivity index (χ0v) is 8.15. The quantitative estimate of drug-likeness (QED) is 0.550. The summed E-state index contributed by atoms with van der Waals surface area (Å²) < 4.78 is 0. The first-order valence-electron chi connectivity index (χ1n) is 4.54. The molecule has 0 N–H and O–H groups in total. The molecule has 0 spiro atoms. The Morgan fingerprint density at radius 1 is 1.36 bits per heavy atom. The molecule has 1 aliphatic rings. The Balaban J connectivity index is 2.71. The van der Waals surface area contributed by atoms with Gasteiger partial charge in [0.1, 0.15) is 0 Å². The summed E-state index contributed by atoms with van der Waals surface area (Å²) in [6.45, 7) is 9.25. The van der Waals surface area contributed by atoms with Crippen molar-refractivity contribution in [3.05, 3.63) is 11.1 Å². The van der Waals surface area contributed by atoms with Crippen LogP contribution in [0.3, 0.4) is 0 Å². The van der Waals surface area contributed by atoms with E-state index in [1.54, 1.807) is 11.1 Å². The predicted octanol–water partition coefficient (Wildman–Crippen LogP) is 2.29. The minimum atomic E-state index is 0.745. The molecule has 0 saturated carbocycles. The largest absolute Gasteiger partial charge is 0.298 e. The molecule has 0 fully saturated rings. The number of hydrogen-bond acceptors (Lipinski definition) is 1. The third kappa shape index (κ3) is 1.84. The first-order chi connectivity index (χ1) is 5.15. The smallest absolute Gasteiger partial charge is 0.0198 e. The monoisotopic (exact) mass is 153 g/mol. The molecule has 1 rings (SSSR count). The molecular weight excluding hydrogens is 134 g/mol. The number of rotatable bonds is 2. The van der Waals surface area contributed by atoms with Crippen LogP contribution in [0.1, 0.15) is 27.2 Å². The minimum Gasteiger partial charge on any atom is -0.298 e. The van der Waals surface area contributed by atoms with Crippen LogP contribution in [0, 0.1) is 5.92 Å². The van der Waals surface area contributed by atoms with Crippen LogP contribution in [0.5, 0.6) is 0 Å². The molecule has 0 unspecified atom stereocenters. The van der Waals surface area contributed by atoms with Gasteiger partial charge in [-0.2, -0.15) is 0 Å². The van der Waals surface area contributed by atoms with E-state index >= 15 is 0 Å². The number of hydrogen-bond donors (Lipinski definition) is 0. The summed E-state index contributed by atoms with van der Waals surface area (Å²) in [5.41, 5.74) is 3.34. The summed E-state index contributed by atoms with van der Waals surface area (Å²) in [6, 6.07) is 0. The summed E-state index contributed by atoms with van der Waals surface area (Å²) >= 11 is 0. The third-order valence-corrected chi connectivity index (χ3v) is 2.48. The van der Waals surface area contributed by atoms with E-state index in [4.69, 9.17) is 0 Å². The van der Waals surface area contributed by atoms with Crippen molar-refractivity contribution in [1.82, 2.24) is 4.90 Å². The van der Waals surface area contributed by atoms with Gasteiger partial charge in [0, 0.05) is 13.1 Å². The highest BCUT2D eigenvalue weighted by Crippen LogP contribution is 2.24. The zero-order chi connectivity index (χ0) is 8.43. The van der Waals surface area contributed by atoms with E-state index in [0.717, 1.165) is 5.92 Å². The highest BCUT2D eigenvalue weighted by Gasteiger charge is 2.18. The van der Waals surface area contributed by atoms with E-state index in [1.807, 2.05) is 0 Å². The minimum absolute atomic E-state index is 0.745. The fourth-order valence-corrected chi connectivity index (χ4v) is 1.82. The van der Waals surface area contributed by atoms with Crippen molar-refractivity contribution in [2.45, 2.75) is 27.2 Å². The van der Waals surface area contributed by atoms with Gasteiger partial charge in [-0.3, -0.25) is 4.90 Å². The third-order valence-electron chi connectivity index (χ3n) is 2.48. The van der Waals surface area contributed by atoms with E-state index in [-0.39, 0.29) is 0 Å². The average molecular weight is 153 g/mol. The molecule has 0 aliphatic carbocycles. The van der Waals surface area contributed by atoms with Crippen molar-refractivity contribution in [1.29, 1.82) is 0 Å². The molecule has 0 bridgehead atoms. The molecule has 1 heterocycles. The van der Waals surface area contributed by atoms with Crippen molar-refractivity contribution >= 4 is 0 Å². The van der Waals surface area contributed by atoms with Gasteiger partial charge in [0.05, 0.1) is 0 Å². The van der Waals surface area contributed by atoms with Crippen molar-refractivity contribution in [2.24, 2.45) is 5.92 Å².